The molecule has 0 spiro atoms. The molecular weight excluding hydrogens is 392 g/mol. The Labute approximate surface area is 180 Å². The molecule has 1 aromatic heterocycles. The zero-order valence-electron chi connectivity index (χ0n) is 17.6. The number of rotatable bonds is 4. The third kappa shape index (κ3) is 3.49. The van der Waals surface area contributed by atoms with Crippen LogP contribution in [0, 0.1) is 5.41 Å². The Balaban J connectivity index is 1.24. The van der Waals surface area contributed by atoms with Gasteiger partial charge >= 0.3 is 0 Å². The first kappa shape index (κ1) is 19.8. The maximum Gasteiger partial charge on any atom is 0.253 e. The van der Waals surface area contributed by atoms with E-state index in [4.69, 9.17) is 0 Å². The van der Waals surface area contributed by atoms with Gasteiger partial charge in [0.05, 0.1) is 23.7 Å². The quantitative estimate of drug-likeness (QED) is 0.705. The van der Waals surface area contributed by atoms with Gasteiger partial charge in [0.2, 0.25) is 5.91 Å². The van der Waals surface area contributed by atoms with Crippen LogP contribution in [0.4, 0.5) is 0 Å². The molecule has 2 amide bonds. The topological polar surface area (TPSA) is 78.7 Å². The normalized spacial score (nSPS) is 17.7. The van der Waals surface area contributed by atoms with E-state index >= 15 is 0 Å². The maximum atomic E-state index is 12.9. The van der Waals surface area contributed by atoms with E-state index in [1.807, 2.05) is 42.2 Å². The van der Waals surface area contributed by atoms with Gasteiger partial charge in [-0.25, -0.2) is 0 Å². The molecule has 0 atom stereocenters. The highest BCUT2D eigenvalue weighted by molar-refractivity contribution is 5.95. The first-order chi connectivity index (χ1) is 15.0. The molecule has 0 bridgehead atoms. The number of fused-ring (bicyclic) bond motifs is 1. The second-order valence-corrected chi connectivity index (χ2v) is 8.64. The fourth-order valence-corrected chi connectivity index (χ4v) is 4.37. The van der Waals surface area contributed by atoms with E-state index in [9.17, 15) is 14.7 Å². The van der Waals surface area contributed by atoms with Crippen LogP contribution in [0.2, 0.25) is 0 Å². The van der Waals surface area contributed by atoms with Crippen LogP contribution in [0.25, 0.3) is 22.0 Å². The Morgan fingerprint density at radius 2 is 1.61 bits per heavy atom. The summed E-state index contributed by atoms with van der Waals surface area (Å²) in [5.41, 5.74) is 3.33. The number of benzene rings is 2. The van der Waals surface area contributed by atoms with Gasteiger partial charge in [0, 0.05) is 44.2 Å². The molecule has 3 aromatic rings. The number of nitrogens with zero attached hydrogens (tertiary/aromatic N) is 4. The minimum Gasteiger partial charge on any atom is -0.395 e. The Morgan fingerprint density at radius 3 is 2.26 bits per heavy atom. The van der Waals surface area contributed by atoms with E-state index in [0.29, 0.717) is 31.7 Å². The average Bonchev–Trinajstić information content (AvgIpc) is 3.55. The van der Waals surface area contributed by atoms with Gasteiger partial charge in [-0.2, -0.15) is 5.10 Å². The van der Waals surface area contributed by atoms with Gasteiger partial charge in [-0.05, 0) is 48.2 Å². The summed E-state index contributed by atoms with van der Waals surface area (Å²) < 4.78 is 1.85. The molecule has 160 valence electrons. The van der Waals surface area contributed by atoms with Gasteiger partial charge in [-0.3, -0.25) is 14.3 Å². The van der Waals surface area contributed by atoms with Gasteiger partial charge in [0.15, 0.2) is 0 Å². The van der Waals surface area contributed by atoms with Crippen LogP contribution in [0.5, 0.6) is 0 Å². The molecule has 0 radical (unpaired) electrons. The number of hydrogen-bond donors (Lipinski definition) is 1. The van der Waals surface area contributed by atoms with Gasteiger partial charge in [-0.1, -0.05) is 18.2 Å². The number of amides is 2. The molecule has 1 saturated heterocycles. The summed E-state index contributed by atoms with van der Waals surface area (Å²) in [5.74, 6) is 0.0293. The van der Waals surface area contributed by atoms with Gasteiger partial charge in [-0.15, -0.1) is 0 Å². The molecule has 2 aromatic carbocycles. The number of aryl methyl sites for hydroxylation is 1. The van der Waals surface area contributed by atoms with E-state index in [-0.39, 0.29) is 18.4 Å². The molecule has 2 aliphatic rings. The lowest BCUT2D eigenvalue weighted by molar-refractivity contribution is -0.140. The Hall–Kier alpha value is -3.19. The highest BCUT2D eigenvalue weighted by Crippen LogP contribution is 2.46. The molecule has 7 heteroatoms. The van der Waals surface area contributed by atoms with Crippen LogP contribution in [0.15, 0.2) is 48.7 Å². The first-order valence-electron chi connectivity index (χ1n) is 10.7. The lowest BCUT2D eigenvalue weighted by atomic mass is 10.0. The molecule has 1 saturated carbocycles. The van der Waals surface area contributed by atoms with Crippen LogP contribution < -0.4 is 0 Å². The van der Waals surface area contributed by atoms with Crippen molar-refractivity contribution in [1.29, 1.82) is 0 Å². The molecule has 1 aliphatic carbocycles. The number of hydrogen-bond acceptors (Lipinski definition) is 4. The lowest BCUT2D eigenvalue weighted by Gasteiger charge is -2.36. The summed E-state index contributed by atoms with van der Waals surface area (Å²) in [7, 11) is 1.93. The van der Waals surface area contributed by atoms with Crippen molar-refractivity contribution in [1.82, 2.24) is 19.6 Å². The molecule has 2 fully saturated rings. The number of piperazine rings is 1. The number of carbonyl (C=O) groups excluding carboxylic acids is 2. The molecule has 2 heterocycles. The highest BCUT2D eigenvalue weighted by Gasteiger charge is 2.51. The summed E-state index contributed by atoms with van der Waals surface area (Å²) in [5, 5.41) is 14.9. The predicted molar refractivity (Wildman–Crippen MR) is 117 cm³/mol. The van der Waals surface area contributed by atoms with Crippen molar-refractivity contribution in [2.45, 2.75) is 12.8 Å². The fourth-order valence-electron chi connectivity index (χ4n) is 4.37. The van der Waals surface area contributed by atoms with Crippen LogP contribution in [-0.2, 0) is 11.8 Å². The largest absolute Gasteiger partial charge is 0.395 e. The van der Waals surface area contributed by atoms with Gasteiger partial charge < -0.3 is 14.9 Å². The number of aliphatic hydroxyl groups is 1. The standard InChI is InChI=1S/C24H26N4O3/c1-26-21-7-6-19(14-20(21)15-25-26)17-2-4-18(5-3-17)22(30)27-10-12-28(13-11-27)23(31)24(16-29)8-9-24/h2-7,14-15,29H,8-13,16H2,1H3. The average molecular weight is 418 g/mol. The summed E-state index contributed by atoms with van der Waals surface area (Å²) in [6.45, 7) is 2.01. The second-order valence-electron chi connectivity index (χ2n) is 8.64. The Bertz CT molecular complexity index is 1140. The Morgan fingerprint density at radius 1 is 0.968 bits per heavy atom. The van der Waals surface area contributed by atoms with Crippen molar-refractivity contribution >= 4 is 22.7 Å². The first-order valence-corrected chi connectivity index (χ1v) is 10.7. The van der Waals surface area contributed by atoms with Crippen molar-refractivity contribution in [3.63, 3.8) is 0 Å². The van der Waals surface area contributed by atoms with E-state index in [1.54, 1.807) is 9.80 Å². The fraction of sp³-hybridized carbons (Fsp3) is 0.375. The Kier molecular flexibility index (Phi) is 4.78. The number of aromatic nitrogens is 2. The smallest absolute Gasteiger partial charge is 0.253 e. The van der Waals surface area contributed by atoms with Gasteiger partial charge in [0.25, 0.3) is 5.91 Å². The second kappa shape index (κ2) is 7.50. The monoisotopic (exact) mass is 418 g/mol. The number of carbonyl (C=O) groups is 2. The highest BCUT2D eigenvalue weighted by atomic mass is 16.3. The summed E-state index contributed by atoms with van der Waals surface area (Å²) in [4.78, 5) is 29.1. The minimum atomic E-state index is -0.541. The zero-order valence-corrected chi connectivity index (χ0v) is 17.6. The molecule has 0 unspecified atom stereocenters. The molecule has 5 rings (SSSR count). The van der Waals surface area contributed by atoms with Crippen molar-refractivity contribution in [3.05, 3.63) is 54.2 Å². The molecule has 31 heavy (non-hydrogen) atoms. The summed E-state index contributed by atoms with van der Waals surface area (Å²) in [6, 6.07) is 13.9. The van der Waals surface area contributed by atoms with Crippen molar-refractivity contribution in [2.24, 2.45) is 12.5 Å². The van der Waals surface area contributed by atoms with Crippen LogP contribution in [-0.4, -0.2) is 69.3 Å². The maximum absolute atomic E-state index is 12.9. The van der Waals surface area contributed by atoms with Crippen molar-refractivity contribution < 1.29 is 14.7 Å². The lowest BCUT2D eigenvalue weighted by Crippen LogP contribution is -2.52. The summed E-state index contributed by atoms with van der Waals surface area (Å²) in [6.07, 6.45) is 3.38. The van der Waals surface area contributed by atoms with Crippen LogP contribution in [0.3, 0.4) is 0 Å². The van der Waals surface area contributed by atoms with E-state index < -0.39 is 5.41 Å². The van der Waals surface area contributed by atoms with Crippen molar-refractivity contribution in [3.8, 4) is 11.1 Å². The molecule has 1 aliphatic heterocycles. The minimum absolute atomic E-state index is 0.00958. The van der Waals surface area contributed by atoms with E-state index in [2.05, 4.69) is 23.3 Å². The van der Waals surface area contributed by atoms with Crippen LogP contribution >= 0.6 is 0 Å². The SMILES string of the molecule is Cn1ncc2cc(-c3ccc(C(=O)N4CCN(C(=O)C5(CO)CC5)CC4)cc3)ccc21. The van der Waals surface area contributed by atoms with Crippen molar-refractivity contribution in [2.75, 3.05) is 32.8 Å². The van der Waals surface area contributed by atoms with Crippen LogP contribution in [0.1, 0.15) is 23.2 Å². The van der Waals surface area contributed by atoms with Gasteiger partial charge in [0.1, 0.15) is 0 Å². The summed E-state index contributed by atoms with van der Waals surface area (Å²) >= 11 is 0. The molecule has 7 nitrogen and oxygen atoms in total. The van der Waals surface area contributed by atoms with E-state index in [0.717, 1.165) is 34.9 Å². The predicted octanol–water partition coefficient (Wildman–Crippen LogP) is 2.30. The van der Waals surface area contributed by atoms with E-state index in [1.165, 1.54) is 0 Å². The zero-order chi connectivity index (χ0) is 21.6. The number of aliphatic hydroxyl groups excluding tert-OH is 1. The third-order valence-electron chi connectivity index (χ3n) is 6.68. The molecule has 1 N–H and O–H groups in total. The molecular formula is C24H26N4O3. The third-order valence-corrected chi connectivity index (χ3v) is 6.68.